The molecule has 0 aliphatic heterocycles. The Morgan fingerprint density at radius 3 is 2.42 bits per heavy atom. The molecule has 0 spiro atoms. The molecule has 3 aromatic rings. The normalized spacial score (nSPS) is 10.8. The lowest BCUT2D eigenvalue weighted by atomic mass is 10.0. The van der Waals surface area contributed by atoms with Crippen molar-refractivity contribution < 1.29 is 14.7 Å². The number of carboxylic acid groups (broad SMARTS) is 1. The maximum atomic E-state index is 12.8. The molecule has 0 fully saturated rings. The molecule has 0 unspecified atom stereocenters. The van der Waals surface area contributed by atoms with Gasteiger partial charge in [0.2, 0.25) is 5.43 Å². The van der Waals surface area contributed by atoms with Crippen LogP contribution in [0, 0.1) is 0 Å². The molecule has 0 amide bonds. The molecule has 26 heavy (non-hydrogen) atoms. The van der Waals surface area contributed by atoms with Crippen molar-refractivity contribution in [3.05, 3.63) is 76.1 Å². The van der Waals surface area contributed by atoms with Crippen molar-refractivity contribution in [2.45, 2.75) is 19.4 Å². The molecule has 0 saturated carbocycles. The van der Waals surface area contributed by atoms with Crippen LogP contribution in [-0.4, -0.2) is 21.4 Å². The first-order valence-corrected chi connectivity index (χ1v) is 8.21. The van der Waals surface area contributed by atoms with E-state index in [0.29, 0.717) is 35.1 Å². The minimum absolute atomic E-state index is 0.0156. The zero-order chi connectivity index (χ0) is 18.7. The number of nitrogens with zero attached hydrogens (tertiary/aromatic N) is 1. The van der Waals surface area contributed by atoms with E-state index in [9.17, 15) is 14.4 Å². The van der Waals surface area contributed by atoms with Gasteiger partial charge in [-0.15, -0.1) is 0 Å². The number of nitrogens with two attached hydrogens (primary N) is 1. The summed E-state index contributed by atoms with van der Waals surface area (Å²) in [5.74, 6) is -1.26. The van der Waals surface area contributed by atoms with E-state index >= 15 is 0 Å². The van der Waals surface area contributed by atoms with E-state index in [1.165, 1.54) is 6.20 Å². The number of nitrogen functional groups attached to an aromatic ring is 1. The highest BCUT2D eigenvalue weighted by molar-refractivity contribution is 6.10. The molecule has 1 aromatic heterocycles. The van der Waals surface area contributed by atoms with E-state index in [-0.39, 0.29) is 23.2 Å². The van der Waals surface area contributed by atoms with E-state index in [4.69, 9.17) is 10.8 Å². The van der Waals surface area contributed by atoms with Gasteiger partial charge in [-0.3, -0.25) is 14.4 Å². The van der Waals surface area contributed by atoms with Crippen molar-refractivity contribution in [3.8, 4) is 0 Å². The first-order chi connectivity index (χ1) is 12.5. The lowest BCUT2D eigenvalue weighted by molar-refractivity contribution is -0.137. The fourth-order valence-electron chi connectivity index (χ4n) is 2.88. The fourth-order valence-corrected chi connectivity index (χ4v) is 2.88. The second-order valence-electron chi connectivity index (χ2n) is 6.03. The quantitative estimate of drug-likeness (QED) is 0.525. The number of para-hydroxylation sites is 1. The number of fused-ring (bicyclic) bond motifs is 1. The van der Waals surface area contributed by atoms with Crippen molar-refractivity contribution in [2.24, 2.45) is 0 Å². The number of rotatable bonds is 6. The Labute approximate surface area is 149 Å². The van der Waals surface area contributed by atoms with Gasteiger partial charge in [0, 0.05) is 35.8 Å². The molecule has 3 N–H and O–H groups in total. The molecule has 0 aliphatic rings. The summed E-state index contributed by atoms with van der Waals surface area (Å²) in [7, 11) is 0. The number of aliphatic carboxylic acids is 1. The number of hydrogen-bond donors (Lipinski definition) is 2. The highest BCUT2D eigenvalue weighted by Crippen LogP contribution is 2.16. The standard InChI is InChI=1S/C20H18N2O4/c21-14-9-7-13(8-10-14)19(25)16-12-22(11-3-6-18(23)24)17-5-2-1-4-15(17)20(16)26/h1-2,4-5,7-10,12H,3,6,11,21H2,(H,23,24). The third-order valence-electron chi connectivity index (χ3n) is 4.19. The number of benzene rings is 2. The number of aryl methyl sites for hydroxylation is 1. The van der Waals surface area contributed by atoms with E-state index in [0.717, 1.165) is 0 Å². The summed E-state index contributed by atoms with van der Waals surface area (Å²) in [6, 6.07) is 13.4. The van der Waals surface area contributed by atoms with Crippen LogP contribution in [0.15, 0.2) is 59.5 Å². The zero-order valence-electron chi connectivity index (χ0n) is 14.0. The molecule has 0 aliphatic carbocycles. The van der Waals surface area contributed by atoms with Gasteiger partial charge < -0.3 is 15.4 Å². The van der Waals surface area contributed by atoms with Gasteiger partial charge in [0.15, 0.2) is 5.78 Å². The van der Waals surface area contributed by atoms with Crippen molar-refractivity contribution in [1.29, 1.82) is 0 Å². The van der Waals surface area contributed by atoms with Crippen molar-refractivity contribution in [1.82, 2.24) is 4.57 Å². The lowest BCUT2D eigenvalue weighted by Crippen LogP contribution is -2.20. The van der Waals surface area contributed by atoms with Gasteiger partial charge in [-0.2, -0.15) is 0 Å². The molecule has 6 nitrogen and oxygen atoms in total. The molecule has 0 saturated heterocycles. The van der Waals surface area contributed by atoms with Crippen LogP contribution in [0.2, 0.25) is 0 Å². The number of hydrogen-bond acceptors (Lipinski definition) is 4. The Morgan fingerprint density at radius 1 is 1.04 bits per heavy atom. The van der Waals surface area contributed by atoms with E-state index < -0.39 is 5.97 Å². The van der Waals surface area contributed by atoms with Crippen molar-refractivity contribution in [3.63, 3.8) is 0 Å². The molecular weight excluding hydrogens is 332 g/mol. The molecule has 0 bridgehead atoms. The predicted octanol–water partition coefficient (Wildman–Crippen LogP) is 2.68. The van der Waals surface area contributed by atoms with Gasteiger partial charge in [0.1, 0.15) is 0 Å². The molecule has 6 heteroatoms. The number of carbonyl (C=O) groups excluding carboxylic acids is 1. The third kappa shape index (κ3) is 3.49. The maximum absolute atomic E-state index is 12.8. The number of aromatic nitrogens is 1. The van der Waals surface area contributed by atoms with Crippen molar-refractivity contribution in [2.75, 3.05) is 5.73 Å². The number of anilines is 1. The summed E-state index contributed by atoms with van der Waals surface area (Å²) < 4.78 is 1.77. The SMILES string of the molecule is Nc1ccc(C(=O)c2cn(CCCC(=O)O)c3ccccc3c2=O)cc1. The van der Waals surface area contributed by atoms with Gasteiger partial charge >= 0.3 is 5.97 Å². The Balaban J connectivity index is 2.08. The summed E-state index contributed by atoms with van der Waals surface area (Å²) in [5.41, 5.74) is 6.96. The topological polar surface area (TPSA) is 102 Å². The number of ketones is 1. The number of pyridine rings is 1. The molecular formula is C20H18N2O4. The fraction of sp³-hybridized carbons (Fsp3) is 0.150. The van der Waals surface area contributed by atoms with Crippen LogP contribution in [0.3, 0.4) is 0 Å². The van der Waals surface area contributed by atoms with Gasteiger partial charge in [-0.25, -0.2) is 0 Å². The van der Waals surface area contributed by atoms with E-state index in [1.807, 2.05) is 0 Å². The minimum atomic E-state index is -0.881. The van der Waals surface area contributed by atoms with Crippen LogP contribution < -0.4 is 11.2 Å². The maximum Gasteiger partial charge on any atom is 0.303 e. The zero-order valence-corrected chi connectivity index (χ0v) is 14.0. The molecule has 0 atom stereocenters. The smallest absolute Gasteiger partial charge is 0.303 e. The summed E-state index contributed by atoms with van der Waals surface area (Å²) in [5, 5.41) is 9.27. The van der Waals surface area contributed by atoms with Crippen LogP contribution >= 0.6 is 0 Å². The van der Waals surface area contributed by atoms with Crippen LogP contribution in [-0.2, 0) is 11.3 Å². The second kappa shape index (κ2) is 7.23. The average Bonchev–Trinajstić information content (AvgIpc) is 2.63. The largest absolute Gasteiger partial charge is 0.481 e. The van der Waals surface area contributed by atoms with Gasteiger partial charge in [-0.1, -0.05) is 12.1 Å². The first kappa shape index (κ1) is 17.4. The Morgan fingerprint density at radius 2 is 1.73 bits per heavy atom. The minimum Gasteiger partial charge on any atom is -0.481 e. The van der Waals surface area contributed by atoms with E-state index in [1.54, 1.807) is 53.1 Å². The van der Waals surface area contributed by atoms with Gasteiger partial charge in [0.05, 0.1) is 11.1 Å². The molecule has 0 radical (unpaired) electrons. The highest BCUT2D eigenvalue weighted by Gasteiger charge is 2.17. The predicted molar refractivity (Wildman–Crippen MR) is 99.4 cm³/mol. The van der Waals surface area contributed by atoms with Crippen LogP contribution in [0.4, 0.5) is 5.69 Å². The number of carboxylic acids is 1. The monoisotopic (exact) mass is 350 g/mol. The molecule has 2 aromatic carbocycles. The molecule has 1 heterocycles. The summed E-state index contributed by atoms with van der Waals surface area (Å²) in [6.45, 7) is 0.398. The van der Waals surface area contributed by atoms with Gasteiger partial charge in [-0.05, 0) is 42.8 Å². The number of carbonyl (C=O) groups is 2. The molecule has 3 rings (SSSR count). The van der Waals surface area contributed by atoms with E-state index in [2.05, 4.69) is 0 Å². The summed E-state index contributed by atoms with van der Waals surface area (Å²) in [4.78, 5) is 36.4. The Hall–Kier alpha value is -3.41. The lowest BCUT2D eigenvalue weighted by Gasteiger charge is -2.13. The second-order valence-corrected chi connectivity index (χ2v) is 6.03. The Kier molecular flexibility index (Phi) is 4.84. The van der Waals surface area contributed by atoms with Crippen LogP contribution in [0.25, 0.3) is 10.9 Å². The average molecular weight is 350 g/mol. The summed E-state index contributed by atoms with van der Waals surface area (Å²) >= 11 is 0. The van der Waals surface area contributed by atoms with Crippen molar-refractivity contribution >= 4 is 28.3 Å². The van der Waals surface area contributed by atoms with Crippen LogP contribution in [0.5, 0.6) is 0 Å². The van der Waals surface area contributed by atoms with Crippen LogP contribution in [0.1, 0.15) is 28.8 Å². The van der Waals surface area contributed by atoms with Gasteiger partial charge in [0.25, 0.3) is 0 Å². The Bertz CT molecular complexity index is 1040. The molecule has 132 valence electrons. The third-order valence-corrected chi connectivity index (χ3v) is 4.19. The highest BCUT2D eigenvalue weighted by atomic mass is 16.4. The summed E-state index contributed by atoms with van der Waals surface area (Å²) in [6.07, 6.45) is 1.94. The first-order valence-electron chi connectivity index (χ1n) is 8.21.